The van der Waals surface area contributed by atoms with Crippen LogP contribution in [0.2, 0.25) is 0 Å². The number of nitrogens with zero attached hydrogens (tertiary/aromatic N) is 1. The van der Waals surface area contributed by atoms with Crippen LogP contribution in [-0.2, 0) is 16.0 Å². The van der Waals surface area contributed by atoms with Crippen LogP contribution >= 0.6 is 15.9 Å². The average Bonchev–Trinajstić information content (AvgIpc) is 2.41. The molecule has 1 aromatic rings. The normalized spacial score (nSPS) is 19.9. The lowest BCUT2D eigenvalue weighted by molar-refractivity contribution is -0.138. The largest absolute Gasteiger partial charge is 0.377 e. The molecule has 0 bridgehead atoms. The number of morpholine rings is 1. The van der Waals surface area contributed by atoms with E-state index in [1.807, 2.05) is 29.2 Å². The maximum Gasteiger partial charge on any atom is 0.227 e. The third-order valence-corrected chi connectivity index (χ3v) is 3.95. The Labute approximate surface area is 116 Å². The maximum atomic E-state index is 12.3. The molecule has 1 fully saturated rings. The Morgan fingerprint density at radius 2 is 2.17 bits per heavy atom. The fourth-order valence-corrected chi connectivity index (χ4v) is 2.63. The number of hydrogen-bond acceptors (Lipinski definition) is 2. The molecule has 0 aromatic heterocycles. The topological polar surface area (TPSA) is 29.5 Å². The first kappa shape index (κ1) is 13.6. The van der Waals surface area contributed by atoms with E-state index in [2.05, 4.69) is 22.9 Å². The molecule has 1 heterocycles. The highest BCUT2D eigenvalue weighted by Gasteiger charge is 2.26. The molecule has 1 unspecified atom stereocenters. The van der Waals surface area contributed by atoms with Crippen molar-refractivity contribution < 1.29 is 9.53 Å². The second-order valence-electron chi connectivity index (χ2n) is 4.63. The van der Waals surface area contributed by atoms with E-state index >= 15 is 0 Å². The number of ether oxygens (including phenoxy) is 1. The van der Waals surface area contributed by atoms with Crippen LogP contribution in [0.1, 0.15) is 11.1 Å². The molecule has 1 aromatic carbocycles. The second-order valence-corrected chi connectivity index (χ2v) is 5.28. The number of carbonyl (C=O) groups excluding carboxylic acids is 1. The van der Waals surface area contributed by atoms with Crippen molar-refractivity contribution in [1.82, 2.24) is 4.90 Å². The summed E-state index contributed by atoms with van der Waals surface area (Å²) in [6, 6.07) is 8.30. The van der Waals surface area contributed by atoms with Crippen LogP contribution < -0.4 is 0 Å². The molecule has 1 saturated heterocycles. The molecule has 0 N–H and O–H groups in total. The molecular formula is C14H18BrNO2. The molecule has 3 nitrogen and oxygen atoms in total. The number of amides is 1. The smallest absolute Gasteiger partial charge is 0.227 e. The fraction of sp³-hybridized carbons (Fsp3) is 0.500. The van der Waals surface area contributed by atoms with Crippen molar-refractivity contribution in [3.8, 4) is 0 Å². The Bertz CT molecular complexity index is 405. The number of alkyl halides is 1. The van der Waals surface area contributed by atoms with Gasteiger partial charge in [-0.3, -0.25) is 4.79 Å². The fourth-order valence-electron chi connectivity index (χ4n) is 2.09. The summed E-state index contributed by atoms with van der Waals surface area (Å²) >= 11 is 3.44. The van der Waals surface area contributed by atoms with Crippen molar-refractivity contribution in [2.75, 3.05) is 25.1 Å². The zero-order chi connectivity index (χ0) is 13.0. The molecule has 2 rings (SSSR count). The Balaban J connectivity index is 2.00. The van der Waals surface area contributed by atoms with Crippen molar-refractivity contribution >= 4 is 21.8 Å². The van der Waals surface area contributed by atoms with Gasteiger partial charge in [0.15, 0.2) is 0 Å². The predicted molar refractivity (Wildman–Crippen MR) is 75.0 cm³/mol. The van der Waals surface area contributed by atoms with Gasteiger partial charge in [-0.25, -0.2) is 0 Å². The lowest BCUT2D eigenvalue weighted by Crippen LogP contribution is -2.50. The summed E-state index contributed by atoms with van der Waals surface area (Å²) in [5.74, 6) is 0.187. The van der Waals surface area contributed by atoms with Gasteiger partial charge < -0.3 is 9.64 Å². The summed E-state index contributed by atoms with van der Waals surface area (Å²) in [5, 5.41) is 0.770. The van der Waals surface area contributed by atoms with Gasteiger partial charge in [-0.05, 0) is 12.5 Å². The van der Waals surface area contributed by atoms with Gasteiger partial charge in [0.05, 0.1) is 25.7 Å². The third kappa shape index (κ3) is 3.33. The monoisotopic (exact) mass is 311 g/mol. The number of halogens is 1. The first-order valence-electron chi connectivity index (χ1n) is 6.19. The van der Waals surface area contributed by atoms with Gasteiger partial charge in [0.2, 0.25) is 5.91 Å². The van der Waals surface area contributed by atoms with E-state index in [0.717, 1.165) is 10.9 Å². The molecule has 4 heteroatoms. The van der Waals surface area contributed by atoms with Gasteiger partial charge in [0.25, 0.3) is 0 Å². The molecule has 18 heavy (non-hydrogen) atoms. The van der Waals surface area contributed by atoms with E-state index in [1.165, 1.54) is 5.56 Å². The van der Waals surface area contributed by atoms with Crippen LogP contribution in [0.25, 0.3) is 0 Å². The highest BCUT2D eigenvalue weighted by atomic mass is 79.9. The highest BCUT2D eigenvalue weighted by molar-refractivity contribution is 9.09. The molecule has 0 spiro atoms. The SMILES string of the molecule is Cc1ccc(CC(=O)N2CCOCC2CBr)cc1. The summed E-state index contributed by atoms with van der Waals surface area (Å²) in [4.78, 5) is 14.2. The summed E-state index contributed by atoms with van der Waals surface area (Å²) in [6.07, 6.45) is 0.476. The molecule has 1 aliphatic heterocycles. The molecular weight excluding hydrogens is 294 g/mol. The molecule has 0 aliphatic carbocycles. The second kappa shape index (κ2) is 6.34. The van der Waals surface area contributed by atoms with E-state index in [1.54, 1.807) is 0 Å². The maximum absolute atomic E-state index is 12.3. The van der Waals surface area contributed by atoms with Crippen molar-refractivity contribution in [1.29, 1.82) is 0 Å². The van der Waals surface area contributed by atoms with Crippen LogP contribution in [-0.4, -0.2) is 41.9 Å². The Morgan fingerprint density at radius 3 is 2.83 bits per heavy atom. The molecule has 98 valence electrons. The first-order chi connectivity index (χ1) is 8.70. The predicted octanol–water partition coefficient (Wildman–Crippen LogP) is 2.16. The third-order valence-electron chi connectivity index (χ3n) is 3.20. The zero-order valence-electron chi connectivity index (χ0n) is 10.6. The van der Waals surface area contributed by atoms with E-state index in [0.29, 0.717) is 26.2 Å². The van der Waals surface area contributed by atoms with E-state index in [-0.39, 0.29) is 11.9 Å². The van der Waals surface area contributed by atoms with Gasteiger partial charge in [-0.1, -0.05) is 45.8 Å². The van der Waals surface area contributed by atoms with Crippen LogP contribution in [0, 0.1) is 6.92 Å². The van der Waals surface area contributed by atoms with Gasteiger partial charge in [-0.2, -0.15) is 0 Å². The minimum atomic E-state index is 0.164. The molecule has 1 aliphatic rings. The number of hydrogen-bond donors (Lipinski definition) is 0. The molecule has 0 saturated carbocycles. The summed E-state index contributed by atoms with van der Waals surface area (Å²) < 4.78 is 5.40. The highest BCUT2D eigenvalue weighted by Crippen LogP contribution is 2.13. The minimum absolute atomic E-state index is 0.164. The van der Waals surface area contributed by atoms with E-state index in [4.69, 9.17) is 4.74 Å². The van der Waals surface area contributed by atoms with Crippen molar-refractivity contribution in [3.05, 3.63) is 35.4 Å². The standard InChI is InChI=1S/C14H18BrNO2/c1-11-2-4-12(5-3-11)8-14(17)16-6-7-18-10-13(16)9-15/h2-5,13H,6-10H2,1H3. The zero-order valence-corrected chi connectivity index (χ0v) is 12.1. The number of benzene rings is 1. The Hall–Kier alpha value is -0.870. The van der Waals surface area contributed by atoms with Crippen LogP contribution in [0.4, 0.5) is 0 Å². The average molecular weight is 312 g/mol. The number of aryl methyl sites for hydroxylation is 1. The molecule has 1 atom stereocenters. The lowest BCUT2D eigenvalue weighted by Gasteiger charge is -2.34. The van der Waals surface area contributed by atoms with Gasteiger partial charge in [-0.15, -0.1) is 0 Å². The van der Waals surface area contributed by atoms with Gasteiger partial charge in [0.1, 0.15) is 0 Å². The molecule has 0 radical (unpaired) electrons. The Kier molecular flexibility index (Phi) is 4.78. The van der Waals surface area contributed by atoms with Crippen molar-refractivity contribution in [2.45, 2.75) is 19.4 Å². The first-order valence-corrected chi connectivity index (χ1v) is 7.31. The van der Waals surface area contributed by atoms with Crippen LogP contribution in [0.3, 0.4) is 0 Å². The van der Waals surface area contributed by atoms with Crippen molar-refractivity contribution in [3.63, 3.8) is 0 Å². The number of rotatable bonds is 3. The Morgan fingerprint density at radius 1 is 1.44 bits per heavy atom. The summed E-state index contributed by atoms with van der Waals surface area (Å²) in [5.41, 5.74) is 2.29. The lowest BCUT2D eigenvalue weighted by atomic mass is 10.1. The van der Waals surface area contributed by atoms with Gasteiger partial charge >= 0.3 is 0 Å². The minimum Gasteiger partial charge on any atom is -0.377 e. The van der Waals surface area contributed by atoms with E-state index < -0.39 is 0 Å². The van der Waals surface area contributed by atoms with Crippen LogP contribution in [0.15, 0.2) is 24.3 Å². The molecule has 1 amide bonds. The number of carbonyl (C=O) groups is 1. The van der Waals surface area contributed by atoms with Crippen LogP contribution in [0.5, 0.6) is 0 Å². The van der Waals surface area contributed by atoms with Crippen molar-refractivity contribution in [2.24, 2.45) is 0 Å². The van der Waals surface area contributed by atoms with E-state index in [9.17, 15) is 4.79 Å². The summed E-state index contributed by atoms with van der Waals surface area (Å²) in [6.45, 7) is 4.02. The quantitative estimate of drug-likeness (QED) is 0.801. The summed E-state index contributed by atoms with van der Waals surface area (Å²) in [7, 11) is 0. The van der Waals surface area contributed by atoms with Gasteiger partial charge in [0, 0.05) is 11.9 Å².